The van der Waals surface area contributed by atoms with E-state index < -0.39 is 22.1 Å². The van der Waals surface area contributed by atoms with Gasteiger partial charge < -0.3 is 15.5 Å². The maximum atomic E-state index is 13.4. The number of nitrogens with one attached hydrogen (secondary N) is 1. The zero-order valence-electron chi connectivity index (χ0n) is 23.0. The van der Waals surface area contributed by atoms with Crippen molar-refractivity contribution in [1.29, 1.82) is 0 Å². The van der Waals surface area contributed by atoms with Crippen LogP contribution in [0.3, 0.4) is 0 Å². The molecule has 11 heteroatoms. The second-order valence-electron chi connectivity index (χ2n) is 11.2. The Bertz CT molecular complexity index is 1510. The number of carboxylic acids is 1. The van der Waals surface area contributed by atoms with Gasteiger partial charge in [-0.2, -0.15) is 4.31 Å². The highest BCUT2D eigenvalue weighted by molar-refractivity contribution is 7.89. The molecule has 0 fully saturated rings. The topological polar surface area (TPSA) is 107 Å². The van der Waals surface area contributed by atoms with Crippen molar-refractivity contribution in [2.75, 3.05) is 20.1 Å². The van der Waals surface area contributed by atoms with Gasteiger partial charge in [0.05, 0.1) is 26.7 Å². The molecule has 41 heavy (non-hydrogen) atoms. The van der Waals surface area contributed by atoms with E-state index in [1.165, 1.54) is 48.5 Å². The molecule has 0 saturated carbocycles. The monoisotopic (exact) mass is 638 g/mol. The molecule has 1 aliphatic rings. The van der Waals surface area contributed by atoms with Crippen LogP contribution in [0.1, 0.15) is 41.8 Å². The molecule has 0 saturated heterocycles. The highest BCUT2D eigenvalue weighted by Gasteiger charge is 2.31. The zero-order valence-corrected chi connectivity index (χ0v) is 26.1. The number of fused-ring (bicyclic) bond motifs is 1. The third-order valence-corrected chi connectivity index (χ3v) is 10.5. The molecular formula is C30H33Cl3N2O5S. The molecular weight excluding hydrogens is 607 g/mol. The molecule has 3 N–H and O–H groups in total. The van der Waals surface area contributed by atoms with E-state index >= 15 is 0 Å². The summed E-state index contributed by atoms with van der Waals surface area (Å²) in [5.74, 6) is -0.656. The predicted molar refractivity (Wildman–Crippen MR) is 164 cm³/mol. The van der Waals surface area contributed by atoms with Crippen LogP contribution in [-0.4, -0.2) is 60.7 Å². The fourth-order valence-corrected chi connectivity index (χ4v) is 8.06. The molecule has 0 aromatic heterocycles. The summed E-state index contributed by atoms with van der Waals surface area (Å²) in [6.45, 7) is 4.22. The number of β-amino-alcohol motifs (C(OH)–C–C–N with tert-alkyl or cyclic N) is 1. The summed E-state index contributed by atoms with van der Waals surface area (Å²) in [7, 11) is -2.78. The van der Waals surface area contributed by atoms with Crippen LogP contribution in [0.2, 0.25) is 15.1 Å². The number of carbonyl (C=O) groups is 1. The van der Waals surface area contributed by atoms with Gasteiger partial charge in [0, 0.05) is 25.7 Å². The average molecular weight is 640 g/mol. The van der Waals surface area contributed by atoms with Crippen LogP contribution in [0.5, 0.6) is 0 Å². The van der Waals surface area contributed by atoms with Crippen molar-refractivity contribution >= 4 is 50.8 Å². The molecule has 1 unspecified atom stereocenters. The number of benzene rings is 3. The second kappa shape index (κ2) is 12.6. The third kappa shape index (κ3) is 7.43. The van der Waals surface area contributed by atoms with E-state index in [9.17, 15) is 23.4 Å². The lowest BCUT2D eigenvalue weighted by molar-refractivity contribution is 0.0697. The van der Waals surface area contributed by atoms with Gasteiger partial charge in [-0.25, -0.2) is 13.2 Å². The van der Waals surface area contributed by atoms with Gasteiger partial charge in [-0.05, 0) is 85.5 Å². The van der Waals surface area contributed by atoms with Crippen LogP contribution >= 0.6 is 34.8 Å². The van der Waals surface area contributed by atoms with Gasteiger partial charge in [-0.3, -0.25) is 0 Å². The largest absolute Gasteiger partial charge is 0.478 e. The minimum absolute atomic E-state index is 0.0257. The smallest absolute Gasteiger partial charge is 0.337 e. The molecule has 220 valence electrons. The van der Waals surface area contributed by atoms with E-state index in [1.54, 1.807) is 0 Å². The van der Waals surface area contributed by atoms with Crippen molar-refractivity contribution in [1.82, 2.24) is 9.62 Å². The first kappa shape index (κ1) is 31.8. The molecule has 3 aromatic rings. The molecule has 4 rings (SSSR count). The van der Waals surface area contributed by atoms with Crippen LogP contribution in [0.25, 0.3) is 11.1 Å². The van der Waals surface area contributed by atoms with Crippen LogP contribution in [0.15, 0.2) is 59.5 Å². The maximum Gasteiger partial charge on any atom is 0.337 e. The summed E-state index contributed by atoms with van der Waals surface area (Å²) in [6, 6.07) is 15.7. The molecule has 7 nitrogen and oxygen atoms in total. The first-order chi connectivity index (χ1) is 19.2. The van der Waals surface area contributed by atoms with Crippen LogP contribution in [0.4, 0.5) is 0 Å². The summed E-state index contributed by atoms with van der Waals surface area (Å²) in [5.41, 5.74) is 3.47. The van der Waals surface area contributed by atoms with Crippen LogP contribution < -0.4 is 5.32 Å². The summed E-state index contributed by atoms with van der Waals surface area (Å²) < 4.78 is 27.9. The molecule has 0 aliphatic heterocycles. The zero-order chi connectivity index (χ0) is 30.1. The first-order valence-electron chi connectivity index (χ1n) is 13.2. The maximum absolute atomic E-state index is 13.4. The van der Waals surface area contributed by atoms with Crippen LogP contribution in [0, 0.1) is 5.92 Å². The Morgan fingerprint density at radius 2 is 1.56 bits per heavy atom. The van der Waals surface area contributed by atoms with E-state index in [-0.39, 0.29) is 44.2 Å². The van der Waals surface area contributed by atoms with Gasteiger partial charge in [0.1, 0.15) is 4.90 Å². The molecule has 0 heterocycles. The molecule has 0 amide bonds. The molecule has 0 spiro atoms. The number of hydrogen-bond acceptors (Lipinski definition) is 5. The summed E-state index contributed by atoms with van der Waals surface area (Å²) in [4.78, 5) is 11.0. The molecule has 3 aromatic carbocycles. The number of aliphatic hydroxyl groups excluding tert-OH is 1. The van der Waals surface area contributed by atoms with Crippen LogP contribution in [-0.2, 0) is 22.9 Å². The number of nitrogens with zero attached hydrogens (tertiary/aromatic N) is 1. The Kier molecular flexibility index (Phi) is 9.76. The normalized spacial score (nSPS) is 14.8. The number of carboxylic acid groups (broad SMARTS) is 1. The fraction of sp³-hybridized carbons (Fsp3) is 0.367. The predicted octanol–water partition coefficient (Wildman–Crippen LogP) is 6.17. The van der Waals surface area contributed by atoms with Gasteiger partial charge in [0.2, 0.25) is 10.0 Å². The quantitative estimate of drug-likeness (QED) is 0.232. The Balaban J connectivity index is 1.39. The SMILES string of the molecule is CN(CC(O)CNC(C)(C)CC1Cc2ccccc2C1)S(=O)(=O)c1c(Cl)cc(-c2ccc(C(=O)O)c(Cl)c2)cc1Cl. The van der Waals surface area contributed by atoms with E-state index in [2.05, 4.69) is 43.4 Å². The number of rotatable bonds is 11. The van der Waals surface area contributed by atoms with Crippen molar-refractivity contribution in [2.24, 2.45) is 5.92 Å². The third-order valence-electron chi connectivity index (χ3n) is 7.42. The minimum atomic E-state index is -4.15. The van der Waals surface area contributed by atoms with E-state index in [0.29, 0.717) is 17.0 Å². The highest BCUT2D eigenvalue weighted by Crippen LogP contribution is 2.37. The standard InChI is InChI=1S/C30H33Cl3N2O5S/c1-30(2,15-18-10-19-6-4-5-7-20(19)11-18)34-16-23(36)17-35(3)41(39,40)28-26(32)13-22(14-27(28)33)21-8-9-24(29(37)38)25(31)12-21/h4-9,12-14,18,23,34,36H,10-11,15-17H2,1-3H3,(H,37,38). The average Bonchev–Trinajstić information content (AvgIpc) is 3.28. The number of halogens is 3. The van der Waals surface area contributed by atoms with E-state index in [4.69, 9.17) is 34.8 Å². The Morgan fingerprint density at radius 1 is 1.00 bits per heavy atom. The van der Waals surface area contributed by atoms with Gasteiger partial charge in [0.15, 0.2) is 0 Å². The van der Waals surface area contributed by atoms with Crippen molar-refractivity contribution in [3.8, 4) is 11.1 Å². The number of aliphatic hydroxyl groups is 1. The number of likely N-dealkylation sites (N-methyl/N-ethyl adjacent to an activating group) is 1. The Labute approximate surface area is 256 Å². The van der Waals surface area contributed by atoms with E-state index in [1.807, 2.05) is 0 Å². The van der Waals surface area contributed by atoms with Crippen molar-refractivity contribution < 1.29 is 23.4 Å². The lowest BCUT2D eigenvalue weighted by atomic mass is 9.88. The summed E-state index contributed by atoms with van der Waals surface area (Å²) in [6.07, 6.45) is 2.02. The molecule has 0 bridgehead atoms. The fourth-order valence-electron chi connectivity index (χ4n) is 5.44. The number of hydrogen-bond donors (Lipinski definition) is 3. The van der Waals surface area contributed by atoms with E-state index in [0.717, 1.165) is 23.6 Å². The highest BCUT2D eigenvalue weighted by atomic mass is 35.5. The lowest BCUT2D eigenvalue weighted by Crippen LogP contribution is -2.47. The van der Waals surface area contributed by atoms with Crippen molar-refractivity contribution in [3.63, 3.8) is 0 Å². The van der Waals surface area contributed by atoms with Gasteiger partial charge >= 0.3 is 5.97 Å². The summed E-state index contributed by atoms with van der Waals surface area (Å²) >= 11 is 18.9. The molecule has 1 aliphatic carbocycles. The van der Waals surface area contributed by atoms with Gasteiger partial charge in [-0.1, -0.05) is 65.1 Å². The second-order valence-corrected chi connectivity index (χ2v) is 14.4. The molecule has 0 radical (unpaired) electrons. The molecule has 1 atom stereocenters. The first-order valence-corrected chi connectivity index (χ1v) is 15.7. The Morgan fingerprint density at radius 3 is 2.10 bits per heavy atom. The van der Waals surface area contributed by atoms with Gasteiger partial charge in [-0.15, -0.1) is 0 Å². The number of sulfonamides is 1. The minimum Gasteiger partial charge on any atom is -0.478 e. The van der Waals surface area contributed by atoms with Crippen molar-refractivity contribution in [3.05, 3.63) is 86.4 Å². The van der Waals surface area contributed by atoms with Crippen molar-refractivity contribution in [2.45, 2.75) is 49.6 Å². The summed E-state index contributed by atoms with van der Waals surface area (Å²) in [5, 5.41) is 23.1. The Hall–Kier alpha value is -2.17. The lowest BCUT2D eigenvalue weighted by Gasteiger charge is -2.31. The van der Waals surface area contributed by atoms with Gasteiger partial charge in [0.25, 0.3) is 0 Å². The number of aromatic carboxylic acids is 1.